The molecule has 5 heteroatoms. The Bertz CT molecular complexity index is 645. The van der Waals surface area contributed by atoms with Gasteiger partial charge in [0, 0.05) is 24.1 Å². The van der Waals surface area contributed by atoms with Crippen molar-refractivity contribution >= 4 is 11.1 Å². The van der Waals surface area contributed by atoms with Crippen molar-refractivity contribution in [2.24, 2.45) is 0 Å². The number of rotatable bonds is 4. The summed E-state index contributed by atoms with van der Waals surface area (Å²) >= 11 is 0. The van der Waals surface area contributed by atoms with Gasteiger partial charge in [-0.2, -0.15) is 4.39 Å². The number of hydrogen-bond acceptors (Lipinski definition) is 3. The van der Waals surface area contributed by atoms with Crippen molar-refractivity contribution in [2.45, 2.75) is 58.0 Å². The van der Waals surface area contributed by atoms with E-state index in [0.717, 1.165) is 12.8 Å². The smallest absolute Gasteiger partial charge is 0.203 e. The number of aromatic nitrogens is 1. The third-order valence-electron chi connectivity index (χ3n) is 4.09. The minimum absolute atomic E-state index is 0.0416. The average molecular weight is 294 g/mol. The van der Waals surface area contributed by atoms with Gasteiger partial charge in [-0.15, -0.1) is 0 Å². The van der Waals surface area contributed by atoms with Crippen molar-refractivity contribution in [3.63, 3.8) is 0 Å². The second kappa shape index (κ2) is 5.72. The highest BCUT2D eigenvalue weighted by Crippen LogP contribution is 2.27. The molecular formula is C16H20F2N2O. The normalized spacial score (nSPS) is 16.4. The van der Waals surface area contributed by atoms with Gasteiger partial charge in [0.1, 0.15) is 5.52 Å². The van der Waals surface area contributed by atoms with Crippen LogP contribution in [0.2, 0.25) is 0 Å². The van der Waals surface area contributed by atoms with Gasteiger partial charge in [0.05, 0.1) is 0 Å². The van der Waals surface area contributed by atoms with Crippen LogP contribution in [0.25, 0.3) is 11.1 Å². The molecule has 1 aliphatic carbocycles. The number of hydrogen-bond donors (Lipinski definition) is 1. The Hall–Kier alpha value is -1.49. The average Bonchev–Trinajstić information content (AvgIpc) is 3.10. The Kier molecular flexibility index (Phi) is 3.93. The molecular weight excluding hydrogens is 274 g/mol. The molecule has 0 bridgehead atoms. The highest BCUT2D eigenvalue weighted by Gasteiger charge is 2.21. The maximum atomic E-state index is 14.1. The van der Waals surface area contributed by atoms with Gasteiger partial charge in [-0.05, 0) is 18.9 Å². The van der Waals surface area contributed by atoms with E-state index >= 15 is 0 Å². The Morgan fingerprint density at radius 3 is 2.67 bits per heavy atom. The highest BCUT2D eigenvalue weighted by molar-refractivity contribution is 5.74. The first kappa shape index (κ1) is 14.4. The van der Waals surface area contributed by atoms with Crippen LogP contribution in [-0.4, -0.2) is 11.0 Å². The Morgan fingerprint density at radius 2 is 2.00 bits per heavy atom. The van der Waals surface area contributed by atoms with Crippen LogP contribution in [0, 0.1) is 11.6 Å². The van der Waals surface area contributed by atoms with Crippen LogP contribution in [0.5, 0.6) is 0 Å². The summed E-state index contributed by atoms with van der Waals surface area (Å²) in [4.78, 5) is 4.25. The van der Waals surface area contributed by atoms with Crippen LogP contribution in [0.4, 0.5) is 8.78 Å². The van der Waals surface area contributed by atoms with Crippen LogP contribution < -0.4 is 5.32 Å². The van der Waals surface area contributed by atoms with Crippen molar-refractivity contribution in [1.29, 1.82) is 0 Å². The second-order valence-corrected chi connectivity index (χ2v) is 6.08. The van der Waals surface area contributed by atoms with Gasteiger partial charge >= 0.3 is 0 Å². The molecule has 1 aromatic carbocycles. The molecule has 2 aromatic rings. The summed E-state index contributed by atoms with van der Waals surface area (Å²) in [6, 6.07) is 2.00. The molecule has 3 nitrogen and oxygen atoms in total. The van der Waals surface area contributed by atoms with Crippen LogP contribution in [0.15, 0.2) is 10.5 Å². The Labute approximate surface area is 122 Å². The lowest BCUT2D eigenvalue weighted by molar-refractivity contribution is 0.452. The molecule has 1 aliphatic rings. The molecule has 1 heterocycles. The lowest BCUT2D eigenvalue weighted by Gasteiger charge is -2.12. The van der Waals surface area contributed by atoms with E-state index in [2.05, 4.69) is 10.3 Å². The van der Waals surface area contributed by atoms with E-state index in [0.29, 0.717) is 29.6 Å². The first-order chi connectivity index (χ1) is 10.1. The van der Waals surface area contributed by atoms with Crippen molar-refractivity contribution < 1.29 is 13.2 Å². The summed E-state index contributed by atoms with van der Waals surface area (Å²) in [5, 5.41) is 3.30. The minimum atomic E-state index is -0.935. The van der Waals surface area contributed by atoms with Crippen LogP contribution in [0.1, 0.15) is 56.9 Å². The summed E-state index contributed by atoms with van der Waals surface area (Å²) in [7, 11) is 0. The van der Waals surface area contributed by atoms with Gasteiger partial charge in [-0.3, -0.25) is 0 Å². The molecule has 0 saturated heterocycles. The molecule has 0 amide bonds. The van der Waals surface area contributed by atoms with Crippen molar-refractivity contribution in [3.05, 3.63) is 29.2 Å². The number of oxazole rings is 1. The van der Waals surface area contributed by atoms with E-state index in [1.165, 1.54) is 12.8 Å². The fraction of sp³-hybridized carbons (Fsp3) is 0.562. The first-order valence-corrected chi connectivity index (χ1v) is 7.57. The van der Waals surface area contributed by atoms with Crippen LogP contribution in [0.3, 0.4) is 0 Å². The number of fused-ring (bicyclic) bond motifs is 1. The highest BCUT2D eigenvalue weighted by atomic mass is 19.2. The zero-order valence-electron chi connectivity index (χ0n) is 12.4. The molecule has 1 saturated carbocycles. The van der Waals surface area contributed by atoms with Gasteiger partial charge < -0.3 is 9.73 Å². The summed E-state index contributed by atoms with van der Waals surface area (Å²) < 4.78 is 33.5. The van der Waals surface area contributed by atoms with Gasteiger partial charge in [0.15, 0.2) is 17.3 Å². The van der Waals surface area contributed by atoms with E-state index < -0.39 is 11.6 Å². The van der Waals surface area contributed by atoms with E-state index in [1.807, 2.05) is 13.8 Å². The van der Waals surface area contributed by atoms with Gasteiger partial charge in [-0.25, -0.2) is 9.37 Å². The second-order valence-electron chi connectivity index (χ2n) is 6.08. The molecule has 114 valence electrons. The van der Waals surface area contributed by atoms with E-state index in [9.17, 15) is 8.78 Å². The lowest BCUT2D eigenvalue weighted by atomic mass is 10.1. The molecule has 3 rings (SSSR count). The molecule has 21 heavy (non-hydrogen) atoms. The van der Waals surface area contributed by atoms with Crippen molar-refractivity contribution in [2.75, 3.05) is 0 Å². The maximum absolute atomic E-state index is 14.1. The third kappa shape index (κ3) is 2.79. The van der Waals surface area contributed by atoms with E-state index in [1.54, 1.807) is 6.07 Å². The molecule has 0 radical (unpaired) electrons. The standard InChI is InChI=1S/C16H20F2N2O/c1-9(2)16-20-12-7-10(8-19-11-5-3-4-6-11)13(17)14(18)15(12)21-16/h7,9,11,19H,3-6,8H2,1-2H3. The number of halogens is 2. The van der Waals surface area contributed by atoms with Gasteiger partial charge in [-0.1, -0.05) is 26.7 Å². The molecule has 1 aromatic heterocycles. The first-order valence-electron chi connectivity index (χ1n) is 7.57. The minimum Gasteiger partial charge on any atom is -0.437 e. The zero-order valence-corrected chi connectivity index (χ0v) is 12.4. The summed E-state index contributed by atoms with van der Waals surface area (Å²) in [5.74, 6) is -1.29. The topological polar surface area (TPSA) is 38.1 Å². The number of nitrogens with zero attached hydrogens (tertiary/aromatic N) is 1. The molecule has 1 N–H and O–H groups in total. The number of nitrogens with one attached hydrogen (secondary N) is 1. The predicted octanol–water partition coefficient (Wildman–Crippen LogP) is 4.26. The van der Waals surface area contributed by atoms with Crippen LogP contribution in [-0.2, 0) is 6.54 Å². The fourth-order valence-electron chi connectivity index (χ4n) is 2.83. The quantitative estimate of drug-likeness (QED) is 0.915. The largest absolute Gasteiger partial charge is 0.437 e. The van der Waals surface area contributed by atoms with Crippen molar-refractivity contribution in [3.8, 4) is 0 Å². The lowest BCUT2D eigenvalue weighted by Crippen LogP contribution is -2.25. The molecule has 0 unspecified atom stereocenters. The summed E-state index contributed by atoms with van der Waals surface area (Å²) in [6.07, 6.45) is 4.62. The zero-order chi connectivity index (χ0) is 15.0. The van der Waals surface area contributed by atoms with E-state index in [-0.39, 0.29) is 11.5 Å². The van der Waals surface area contributed by atoms with E-state index in [4.69, 9.17) is 4.42 Å². The fourth-order valence-corrected chi connectivity index (χ4v) is 2.83. The summed E-state index contributed by atoms with van der Waals surface area (Å²) in [6.45, 7) is 4.14. The molecule has 0 aliphatic heterocycles. The number of benzene rings is 1. The molecule has 0 spiro atoms. The molecule has 1 fully saturated rings. The van der Waals surface area contributed by atoms with Gasteiger partial charge in [0.25, 0.3) is 0 Å². The maximum Gasteiger partial charge on any atom is 0.203 e. The molecule has 0 atom stereocenters. The summed E-state index contributed by atoms with van der Waals surface area (Å²) in [5.41, 5.74) is 0.622. The Balaban J connectivity index is 1.89. The SMILES string of the molecule is CC(C)c1nc2cc(CNC3CCCC3)c(F)c(F)c2o1. The third-order valence-corrected chi connectivity index (χ3v) is 4.09. The van der Waals surface area contributed by atoms with Crippen molar-refractivity contribution in [1.82, 2.24) is 10.3 Å². The predicted molar refractivity (Wildman–Crippen MR) is 77.1 cm³/mol. The monoisotopic (exact) mass is 294 g/mol. The Morgan fingerprint density at radius 1 is 1.29 bits per heavy atom. The van der Waals surface area contributed by atoms with Crippen LogP contribution >= 0.6 is 0 Å². The van der Waals surface area contributed by atoms with Gasteiger partial charge in [0.2, 0.25) is 5.82 Å².